The van der Waals surface area contributed by atoms with E-state index in [0.717, 1.165) is 18.3 Å². The minimum atomic E-state index is 0.620. The maximum absolute atomic E-state index is 4.24. The Bertz CT molecular complexity index is 590. The Kier molecular flexibility index (Phi) is 3.45. The van der Waals surface area contributed by atoms with Gasteiger partial charge in [0.05, 0.1) is 5.69 Å². The molecule has 110 valence electrons. The van der Waals surface area contributed by atoms with Gasteiger partial charge in [0, 0.05) is 31.7 Å². The fraction of sp³-hybridized carbons (Fsp3) is 0.500. The van der Waals surface area contributed by atoms with Gasteiger partial charge in [0.15, 0.2) is 0 Å². The number of nitrogens with one attached hydrogen (secondary N) is 1. The summed E-state index contributed by atoms with van der Waals surface area (Å²) in [5, 5.41) is 7.95. The summed E-state index contributed by atoms with van der Waals surface area (Å²) in [6.45, 7) is 3.35. The van der Waals surface area contributed by atoms with Crippen LogP contribution < -0.4 is 5.32 Å². The van der Waals surface area contributed by atoms with Crippen LogP contribution >= 0.6 is 0 Å². The zero-order chi connectivity index (χ0) is 14.1. The van der Waals surface area contributed by atoms with Crippen molar-refractivity contribution < 1.29 is 0 Å². The summed E-state index contributed by atoms with van der Waals surface area (Å²) in [7, 11) is 0. The summed E-state index contributed by atoms with van der Waals surface area (Å²) in [5.74, 6) is 0. The maximum Gasteiger partial charge on any atom is 0.138 e. The molecule has 2 aliphatic rings. The lowest BCUT2D eigenvalue weighted by molar-refractivity contribution is 0.317. The summed E-state index contributed by atoms with van der Waals surface area (Å²) in [5.41, 5.74) is 2.38. The van der Waals surface area contributed by atoms with Crippen molar-refractivity contribution in [2.45, 2.75) is 37.9 Å². The minimum absolute atomic E-state index is 0.620. The van der Waals surface area contributed by atoms with E-state index in [1.165, 1.54) is 37.9 Å². The van der Waals surface area contributed by atoms with E-state index < -0.39 is 0 Å². The van der Waals surface area contributed by atoms with Crippen molar-refractivity contribution in [1.82, 2.24) is 25.0 Å². The smallest absolute Gasteiger partial charge is 0.138 e. The number of hydrogen-bond donors (Lipinski definition) is 1. The highest BCUT2D eigenvalue weighted by molar-refractivity contribution is 5.39. The van der Waals surface area contributed by atoms with Gasteiger partial charge in [-0.3, -0.25) is 4.90 Å². The quantitative estimate of drug-likeness (QED) is 0.905. The number of likely N-dealkylation sites (tertiary alicyclic amines) is 1. The lowest BCUT2D eigenvalue weighted by Gasteiger charge is -2.17. The third kappa shape index (κ3) is 2.84. The molecule has 0 radical (unpaired) electrons. The van der Waals surface area contributed by atoms with E-state index in [0.29, 0.717) is 6.04 Å². The second kappa shape index (κ2) is 5.58. The zero-order valence-corrected chi connectivity index (χ0v) is 12.2. The SMILES string of the molecule is c1ccc(-n2cncn2)c(CNC2CCN(C3CC3)C2)c1. The molecule has 1 N–H and O–H groups in total. The van der Waals surface area contributed by atoms with E-state index in [4.69, 9.17) is 0 Å². The molecule has 1 aliphatic heterocycles. The summed E-state index contributed by atoms with van der Waals surface area (Å²) in [6, 6.07) is 9.90. The van der Waals surface area contributed by atoms with E-state index >= 15 is 0 Å². The van der Waals surface area contributed by atoms with Crippen LogP contribution in [0, 0.1) is 0 Å². The molecular weight excluding hydrogens is 262 g/mol. The Labute approximate surface area is 125 Å². The zero-order valence-electron chi connectivity index (χ0n) is 12.2. The second-order valence-electron chi connectivity index (χ2n) is 6.06. The van der Waals surface area contributed by atoms with E-state index in [1.54, 1.807) is 12.7 Å². The van der Waals surface area contributed by atoms with Crippen molar-refractivity contribution in [3.05, 3.63) is 42.5 Å². The predicted molar refractivity (Wildman–Crippen MR) is 81.2 cm³/mol. The lowest BCUT2D eigenvalue weighted by Crippen LogP contribution is -2.33. The largest absolute Gasteiger partial charge is 0.309 e. The molecule has 5 nitrogen and oxygen atoms in total. The number of rotatable bonds is 5. The van der Waals surface area contributed by atoms with Crippen LogP contribution in [-0.4, -0.2) is 44.8 Å². The van der Waals surface area contributed by atoms with Crippen molar-refractivity contribution >= 4 is 0 Å². The highest BCUT2D eigenvalue weighted by atomic mass is 15.3. The van der Waals surface area contributed by atoms with Crippen molar-refractivity contribution in [1.29, 1.82) is 0 Å². The van der Waals surface area contributed by atoms with E-state index in [2.05, 4.69) is 38.5 Å². The maximum atomic E-state index is 4.24. The van der Waals surface area contributed by atoms with Gasteiger partial charge in [-0.2, -0.15) is 5.10 Å². The van der Waals surface area contributed by atoms with Gasteiger partial charge in [-0.05, 0) is 30.9 Å². The number of benzene rings is 1. The lowest BCUT2D eigenvalue weighted by atomic mass is 10.1. The fourth-order valence-electron chi connectivity index (χ4n) is 3.20. The molecule has 0 bridgehead atoms. The molecule has 0 amide bonds. The molecule has 1 unspecified atom stereocenters. The Morgan fingerprint density at radius 1 is 1.19 bits per heavy atom. The monoisotopic (exact) mass is 283 g/mol. The van der Waals surface area contributed by atoms with Crippen LogP contribution in [0.2, 0.25) is 0 Å². The van der Waals surface area contributed by atoms with Crippen LogP contribution in [0.15, 0.2) is 36.9 Å². The molecule has 2 fully saturated rings. The first-order chi connectivity index (χ1) is 10.4. The van der Waals surface area contributed by atoms with E-state index in [9.17, 15) is 0 Å². The molecule has 0 spiro atoms. The number of hydrogen-bond acceptors (Lipinski definition) is 4. The Morgan fingerprint density at radius 3 is 2.90 bits per heavy atom. The molecule has 4 rings (SSSR count). The number of aromatic nitrogens is 3. The topological polar surface area (TPSA) is 46.0 Å². The Morgan fingerprint density at radius 2 is 2.10 bits per heavy atom. The van der Waals surface area contributed by atoms with Crippen molar-refractivity contribution in [2.24, 2.45) is 0 Å². The van der Waals surface area contributed by atoms with Crippen molar-refractivity contribution in [3.63, 3.8) is 0 Å². The standard InChI is InChI=1S/C16H21N5/c1-2-4-16(21-12-17-11-19-21)13(3-1)9-18-14-7-8-20(10-14)15-5-6-15/h1-4,11-12,14-15,18H,5-10H2. The van der Waals surface area contributed by atoms with Gasteiger partial charge in [0.2, 0.25) is 0 Å². The molecule has 1 aliphatic carbocycles. The number of para-hydroxylation sites is 1. The molecule has 21 heavy (non-hydrogen) atoms. The first kappa shape index (κ1) is 13.0. The van der Waals surface area contributed by atoms with Gasteiger partial charge in [-0.1, -0.05) is 18.2 Å². The Hall–Kier alpha value is -1.72. The van der Waals surface area contributed by atoms with Gasteiger partial charge in [-0.25, -0.2) is 9.67 Å². The summed E-state index contributed by atoms with van der Waals surface area (Å²) in [4.78, 5) is 6.68. The van der Waals surface area contributed by atoms with Crippen molar-refractivity contribution in [2.75, 3.05) is 13.1 Å². The summed E-state index contributed by atoms with van der Waals surface area (Å²) < 4.78 is 1.84. The first-order valence-corrected chi connectivity index (χ1v) is 7.80. The molecule has 2 heterocycles. The highest BCUT2D eigenvalue weighted by Crippen LogP contribution is 2.29. The van der Waals surface area contributed by atoms with E-state index in [-0.39, 0.29) is 0 Å². The molecular formula is C16H21N5. The molecule has 1 saturated carbocycles. The fourth-order valence-corrected chi connectivity index (χ4v) is 3.20. The first-order valence-electron chi connectivity index (χ1n) is 7.80. The normalized spacial score (nSPS) is 22.8. The van der Waals surface area contributed by atoms with Gasteiger partial charge >= 0.3 is 0 Å². The van der Waals surface area contributed by atoms with Crippen molar-refractivity contribution in [3.8, 4) is 5.69 Å². The van der Waals surface area contributed by atoms with Crippen LogP contribution in [0.4, 0.5) is 0 Å². The number of nitrogens with zero attached hydrogens (tertiary/aromatic N) is 4. The molecule has 1 aromatic carbocycles. The molecule has 5 heteroatoms. The third-order valence-electron chi connectivity index (χ3n) is 4.52. The predicted octanol–water partition coefficient (Wildman–Crippen LogP) is 1.59. The average molecular weight is 283 g/mol. The molecule has 1 saturated heterocycles. The summed E-state index contributed by atoms with van der Waals surface area (Å²) >= 11 is 0. The third-order valence-corrected chi connectivity index (χ3v) is 4.52. The second-order valence-corrected chi connectivity index (χ2v) is 6.06. The van der Waals surface area contributed by atoms with Gasteiger partial charge < -0.3 is 5.32 Å². The van der Waals surface area contributed by atoms with Crippen LogP contribution in [0.3, 0.4) is 0 Å². The van der Waals surface area contributed by atoms with Crippen LogP contribution in [0.1, 0.15) is 24.8 Å². The molecule has 1 aromatic heterocycles. The Balaban J connectivity index is 1.41. The minimum Gasteiger partial charge on any atom is -0.309 e. The molecule has 1 atom stereocenters. The molecule has 2 aromatic rings. The van der Waals surface area contributed by atoms with Crippen LogP contribution in [0.25, 0.3) is 5.69 Å². The highest BCUT2D eigenvalue weighted by Gasteiger charge is 2.34. The van der Waals surface area contributed by atoms with Gasteiger partial charge in [0.1, 0.15) is 12.7 Å². The van der Waals surface area contributed by atoms with E-state index in [1.807, 2.05) is 10.7 Å². The van der Waals surface area contributed by atoms with Gasteiger partial charge in [-0.15, -0.1) is 0 Å². The van der Waals surface area contributed by atoms with Crippen LogP contribution in [-0.2, 0) is 6.54 Å². The average Bonchev–Trinajstić information content (AvgIpc) is 3.04. The van der Waals surface area contributed by atoms with Gasteiger partial charge in [0.25, 0.3) is 0 Å². The summed E-state index contributed by atoms with van der Waals surface area (Å²) in [6.07, 6.45) is 7.41. The van der Waals surface area contributed by atoms with Crippen LogP contribution in [0.5, 0.6) is 0 Å².